The molecule has 0 fully saturated rings. The summed E-state index contributed by atoms with van der Waals surface area (Å²) in [5.74, 6) is 1.42. The second kappa shape index (κ2) is 7.00. The Morgan fingerprint density at radius 2 is 2.20 bits per heavy atom. The van der Waals surface area contributed by atoms with Crippen LogP contribution in [0, 0.1) is 0 Å². The summed E-state index contributed by atoms with van der Waals surface area (Å²) in [5, 5.41) is 6.22. The van der Waals surface area contributed by atoms with Crippen molar-refractivity contribution in [2.45, 2.75) is 13.3 Å². The molecule has 15 heavy (non-hydrogen) atoms. The van der Waals surface area contributed by atoms with E-state index in [0.717, 1.165) is 25.3 Å². The Morgan fingerprint density at radius 3 is 2.93 bits per heavy atom. The minimum atomic E-state index is 0.624. The molecule has 0 unspecified atom stereocenters. The van der Waals surface area contributed by atoms with Gasteiger partial charge in [0, 0.05) is 19.2 Å². The van der Waals surface area contributed by atoms with Crippen LogP contribution in [0.4, 0.5) is 5.82 Å². The highest BCUT2D eigenvalue weighted by Gasteiger charge is 1.98. The summed E-state index contributed by atoms with van der Waals surface area (Å²) in [6.45, 7) is 4.48. The van der Waals surface area contributed by atoms with Crippen molar-refractivity contribution in [3.8, 4) is 5.88 Å². The molecule has 1 heterocycles. The Morgan fingerprint density at radius 1 is 1.33 bits per heavy atom. The van der Waals surface area contributed by atoms with Crippen molar-refractivity contribution in [2.24, 2.45) is 0 Å². The van der Waals surface area contributed by atoms with E-state index in [1.54, 1.807) is 0 Å². The lowest BCUT2D eigenvalue weighted by atomic mass is 10.5. The topological polar surface area (TPSA) is 59.1 Å². The summed E-state index contributed by atoms with van der Waals surface area (Å²) >= 11 is 0. The van der Waals surface area contributed by atoms with E-state index in [-0.39, 0.29) is 0 Å². The van der Waals surface area contributed by atoms with Gasteiger partial charge in [0.1, 0.15) is 12.1 Å². The number of hydrogen-bond donors (Lipinski definition) is 2. The zero-order chi connectivity index (χ0) is 10.9. The third kappa shape index (κ3) is 4.60. The molecule has 0 saturated heterocycles. The van der Waals surface area contributed by atoms with Crippen LogP contribution < -0.4 is 15.4 Å². The molecule has 0 aromatic carbocycles. The fourth-order valence-corrected chi connectivity index (χ4v) is 1.04. The second-order valence-electron chi connectivity index (χ2n) is 3.12. The molecule has 1 rings (SSSR count). The standard InChI is InChI=1S/C10H18N4O/c1-3-6-15-10-7-9(13-8-14-10)12-5-4-11-2/h7-8,11H,3-6H2,1-2H3,(H,12,13,14). The maximum Gasteiger partial charge on any atom is 0.218 e. The maximum atomic E-state index is 5.40. The van der Waals surface area contributed by atoms with Crippen LogP contribution in [0.2, 0.25) is 0 Å². The maximum absolute atomic E-state index is 5.40. The summed E-state index contributed by atoms with van der Waals surface area (Å²) in [4.78, 5) is 8.11. The van der Waals surface area contributed by atoms with Gasteiger partial charge in [-0.15, -0.1) is 0 Å². The number of ether oxygens (including phenoxy) is 1. The molecule has 84 valence electrons. The average molecular weight is 210 g/mol. The molecule has 0 bridgehead atoms. The Bertz CT molecular complexity index is 280. The number of likely N-dealkylation sites (N-methyl/N-ethyl adjacent to an activating group) is 1. The first-order chi connectivity index (χ1) is 7.36. The van der Waals surface area contributed by atoms with Crippen LogP contribution in [-0.2, 0) is 0 Å². The van der Waals surface area contributed by atoms with E-state index in [9.17, 15) is 0 Å². The number of hydrogen-bond acceptors (Lipinski definition) is 5. The van der Waals surface area contributed by atoms with Gasteiger partial charge in [0.2, 0.25) is 5.88 Å². The minimum Gasteiger partial charge on any atom is -0.478 e. The smallest absolute Gasteiger partial charge is 0.218 e. The second-order valence-corrected chi connectivity index (χ2v) is 3.12. The van der Waals surface area contributed by atoms with Gasteiger partial charge in [-0.2, -0.15) is 0 Å². The molecule has 1 aromatic heterocycles. The Kier molecular flexibility index (Phi) is 5.47. The average Bonchev–Trinajstić information content (AvgIpc) is 2.27. The van der Waals surface area contributed by atoms with E-state index in [1.165, 1.54) is 6.33 Å². The summed E-state index contributed by atoms with van der Waals surface area (Å²) in [6, 6.07) is 1.81. The molecular formula is C10H18N4O. The van der Waals surface area contributed by atoms with Gasteiger partial charge in [-0.25, -0.2) is 9.97 Å². The van der Waals surface area contributed by atoms with Gasteiger partial charge in [0.15, 0.2) is 0 Å². The summed E-state index contributed by atoms with van der Waals surface area (Å²) in [5.41, 5.74) is 0. The van der Waals surface area contributed by atoms with Crippen molar-refractivity contribution < 1.29 is 4.74 Å². The molecule has 0 radical (unpaired) electrons. The summed E-state index contributed by atoms with van der Waals surface area (Å²) < 4.78 is 5.40. The van der Waals surface area contributed by atoms with Gasteiger partial charge in [-0.3, -0.25) is 0 Å². The van der Waals surface area contributed by atoms with Crippen molar-refractivity contribution in [2.75, 3.05) is 32.1 Å². The third-order valence-corrected chi connectivity index (χ3v) is 1.78. The number of nitrogens with zero attached hydrogens (tertiary/aromatic N) is 2. The molecule has 2 N–H and O–H groups in total. The molecule has 0 spiro atoms. The Hall–Kier alpha value is -1.36. The van der Waals surface area contributed by atoms with E-state index in [1.807, 2.05) is 13.1 Å². The number of aromatic nitrogens is 2. The van der Waals surface area contributed by atoms with Gasteiger partial charge in [-0.05, 0) is 13.5 Å². The molecule has 0 saturated carbocycles. The quantitative estimate of drug-likeness (QED) is 0.655. The van der Waals surface area contributed by atoms with Crippen molar-refractivity contribution in [3.63, 3.8) is 0 Å². The van der Waals surface area contributed by atoms with Gasteiger partial charge < -0.3 is 15.4 Å². The molecule has 5 heteroatoms. The molecule has 0 aliphatic carbocycles. The molecule has 1 aromatic rings. The molecule has 0 amide bonds. The zero-order valence-corrected chi connectivity index (χ0v) is 9.29. The predicted molar refractivity (Wildman–Crippen MR) is 60.2 cm³/mol. The summed E-state index contributed by atoms with van der Waals surface area (Å²) in [6.07, 6.45) is 2.49. The van der Waals surface area contributed by atoms with Gasteiger partial charge in [-0.1, -0.05) is 6.92 Å². The van der Waals surface area contributed by atoms with E-state index in [2.05, 4.69) is 27.5 Å². The van der Waals surface area contributed by atoms with Crippen LogP contribution in [-0.4, -0.2) is 36.7 Å². The van der Waals surface area contributed by atoms with Crippen molar-refractivity contribution in [1.82, 2.24) is 15.3 Å². The van der Waals surface area contributed by atoms with Crippen LogP contribution in [0.25, 0.3) is 0 Å². The highest BCUT2D eigenvalue weighted by Crippen LogP contribution is 2.10. The van der Waals surface area contributed by atoms with Crippen LogP contribution >= 0.6 is 0 Å². The lowest BCUT2D eigenvalue weighted by Crippen LogP contribution is -2.18. The van der Waals surface area contributed by atoms with Crippen molar-refractivity contribution in [1.29, 1.82) is 0 Å². The van der Waals surface area contributed by atoms with Crippen LogP contribution in [0.3, 0.4) is 0 Å². The van der Waals surface area contributed by atoms with Crippen molar-refractivity contribution >= 4 is 5.82 Å². The zero-order valence-electron chi connectivity index (χ0n) is 9.29. The fraction of sp³-hybridized carbons (Fsp3) is 0.600. The van der Waals surface area contributed by atoms with Gasteiger partial charge in [0.25, 0.3) is 0 Å². The highest BCUT2D eigenvalue weighted by molar-refractivity contribution is 5.36. The first kappa shape index (κ1) is 11.7. The lowest BCUT2D eigenvalue weighted by molar-refractivity contribution is 0.305. The first-order valence-electron chi connectivity index (χ1n) is 5.20. The van der Waals surface area contributed by atoms with Gasteiger partial charge >= 0.3 is 0 Å². The normalized spacial score (nSPS) is 10.0. The van der Waals surface area contributed by atoms with E-state index in [0.29, 0.717) is 12.5 Å². The monoisotopic (exact) mass is 210 g/mol. The third-order valence-electron chi connectivity index (χ3n) is 1.78. The minimum absolute atomic E-state index is 0.624. The molecule has 0 aliphatic heterocycles. The lowest BCUT2D eigenvalue weighted by Gasteiger charge is -2.07. The van der Waals surface area contributed by atoms with Crippen molar-refractivity contribution in [3.05, 3.63) is 12.4 Å². The molecule has 0 aliphatic rings. The first-order valence-corrected chi connectivity index (χ1v) is 5.20. The Labute approximate surface area is 90.3 Å². The SMILES string of the molecule is CCCOc1cc(NCCNC)ncn1. The largest absolute Gasteiger partial charge is 0.478 e. The van der Waals surface area contributed by atoms with Gasteiger partial charge in [0.05, 0.1) is 6.61 Å². The van der Waals surface area contributed by atoms with E-state index >= 15 is 0 Å². The number of anilines is 1. The van der Waals surface area contributed by atoms with Crippen LogP contribution in [0.5, 0.6) is 5.88 Å². The number of nitrogens with one attached hydrogen (secondary N) is 2. The van der Waals surface area contributed by atoms with E-state index < -0.39 is 0 Å². The highest BCUT2D eigenvalue weighted by atomic mass is 16.5. The molecular weight excluding hydrogens is 192 g/mol. The predicted octanol–water partition coefficient (Wildman–Crippen LogP) is 0.897. The number of rotatable bonds is 7. The Balaban J connectivity index is 2.42. The summed E-state index contributed by atoms with van der Waals surface area (Å²) in [7, 11) is 1.91. The van der Waals surface area contributed by atoms with Crippen LogP contribution in [0.15, 0.2) is 12.4 Å². The molecule has 5 nitrogen and oxygen atoms in total. The fourth-order valence-electron chi connectivity index (χ4n) is 1.04. The van der Waals surface area contributed by atoms with E-state index in [4.69, 9.17) is 4.74 Å². The molecule has 0 atom stereocenters. The van der Waals surface area contributed by atoms with Crippen LogP contribution in [0.1, 0.15) is 13.3 Å².